The molecule has 1 radical (unpaired) electrons. The maximum atomic E-state index is 2.70. The van der Waals surface area contributed by atoms with Gasteiger partial charge in [0.15, 0.2) is 0 Å². The molecule has 0 atom stereocenters. The van der Waals surface area contributed by atoms with Crippen LogP contribution in [0.25, 0.3) is 0 Å². The van der Waals surface area contributed by atoms with Crippen molar-refractivity contribution in [1.82, 2.24) is 7.71 Å². The van der Waals surface area contributed by atoms with Crippen LogP contribution in [0.1, 0.15) is 41.5 Å². The van der Waals surface area contributed by atoms with E-state index in [0.717, 1.165) is 0 Å². The molecule has 0 aromatic rings. The summed E-state index contributed by atoms with van der Waals surface area (Å²) in [6, 6.07) is 0. The summed E-state index contributed by atoms with van der Waals surface area (Å²) in [5.41, 5.74) is 0.778. The molecule has 0 amide bonds. The Balaban J connectivity index is 2.55. The van der Waals surface area contributed by atoms with E-state index in [0.29, 0.717) is 11.1 Å². The fraction of sp³-hybridized carbons (Fsp3) is 1.00. The normalized spacial score (nSPS) is 22.6. The van der Waals surface area contributed by atoms with Gasteiger partial charge in [0.2, 0.25) is 0 Å². The van der Waals surface area contributed by atoms with E-state index in [1.807, 2.05) is 0 Å². The number of hydrogen-bond donors (Lipinski definition) is 0. The fourth-order valence-corrected chi connectivity index (χ4v) is 4.65. The second-order valence-corrected chi connectivity index (χ2v) is 8.94. The first kappa shape index (κ1) is 11.5. The molecule has 3 heteroatoms. The summed E-state index contributed by atoms with van der Waals surface area (Å²) in [7, 11) is 0. The molecular weight excluding hydrogens is 221 g/mol. The Kier molecular flexibility index (Phi) is 3.15. The van der Waals surface area contributed by atoms with Gasteiger partial charge in [0.25, 0.3) is 0 Å². The van der Waals surface area contributed by atoms with Gasteiger partial charge in [0.1, 0.15) is 0 Å². The zero-order valence-electron chi connectivity index (χ0n) is 9.89. The van der Waals surface area contributed by atoms with Gasteiger partial charge in [-0.2, -0.15) is 0 Å². The van der Waals surface area contributed by atoms with Gasteiger partial charge in [0.05, 0.1) is 0 Å². The molecule has 1 aliphatic heterocycles. The van der Waals surface area contributed by atoms with E-state index in [4.69, 9.17) is 0 Å². The van der Waals surface area contributed by atoms with Crippen molar-refractivity contribution in [2.45, 2.75) is 52.6 Å². The zero-order valence-corrected chi connectivity index (χ0v) is 12.3. The van der Waals surface area contributed by atoms with Crippen molar-refractivity contribution in [2.75, 3.05) is 13.1 Å². The maximum absolute atomic E-state index is 2.70. The van der Waals surface area contributed by atoms with Gasteiger partial charge in [-0.3, -0.25) is 0 Å². The molecule has 0 aromatic carbocycles. The number of hydrogen-bond acceptors (Lipinski definition) is 2. The summed E-state index contributed by atoms with van der Waals surface area (Å²) in [5, 5.41) is 0. The van der Waals surface area contributed by atoms with Crippen LogP contribution in [0.15, 0.2) is 0 Å². The Labute approximate surface area is 89.6 Å². The van der Waals surface area contributed by atoms with Gasteiger partial charge in [-0.1, -0.05) is 0 Å². The van der Waals surface area contributed by atoms with E-state index in [2.05, 4.69) is 49.3 Å². The topological polar surface area (TPSA) is 6.48 Å². The number of rotatable bonds is 0. The predicted molar refractivity (Wildman–Crippen MR) is 60.1 cm³/mol. The molecule has 77 valence electrons. The average Bonchev–Trinajstić information content (AvgIpc) is 2.28. The number of nitrogens with zero attached hydrogens (tertiary/aromatic N) is 2. The SMILES string of the molecule is CC(C)(C)[N]1CC[N](C(C)(C)C)[GeH]1. The van der Waals surface area contributed by atoms with Crippen molar-refractivity contribution in [2.24, 2.45) is 0 Å². The van der Waals surface area contributed by atoms with Crippen LogP contribution in [-0.2, 0) is 0 Å². The van der Waals surface area contributed by atoms with Gasteiger partial charge in [-0.05, 0) is 0 Å². The molecule has 0 bridgehead atoms. The Morgan fingerprint density at radius 1 is 0.769 bits per heavy atom. The third-order valence-electron chi connectivity index (χ3n) is 2.58. The van der Waals surface area contributed by atoms with Crippen molar-refractivity contribution < 1.29 is 0 Å². The van der Waals surface area contributed by atoms with E-state index < -0.39 is 0 Å². The molecule has 1 rings (SSSR count). The fourth-order valence-electron chi connectivity index (χ4n) is 1.52. The molecular formula is C10H23GeN2. The first-order valence-electron chi connectivity index (χ1n) is 5.10. The Morgan fingerprint density at radius 2 is 1.08 bits per heavy atom. The molecule has 0 N–H and O–H groups in total. The standard InChI is InChI=1S/C10H23GeN2/c1-9(2,3)12-7-8-13(11-12)10(4,5)6/h11H,7-8H2,1-6H3. The molecule has 1 aliphatic rings. The van der Waals surface area contributed by atoms with Crippen LogP contribution in [0.2, 0.25) is 0 Å². The van der Waals surface area contributed by atoms with E-state index in [1.54, 1.807) is 0 Å². The van der Waals surface area contributed by atoms with Crippen LogP contribution < -0.4 is 0 Å². The Bertz CT molecular complexity index is 158. The monoisotopic (exact) mass is 245 g/mol. The molecule has 1 fully saturated rings. The zero-order chi connectivity index (χ0) is 10.3. The minimum absolute atomic E-state index is 0.332. The molecule has 1 heterocycles. The third-order valence-corrected chi connectivity index (χ3v) is 8.09. The van der Waals surface area contributed by atoms with Crippen LogP contribution in [0.3, 0.4) is 0 Å². The molecule has 0 saturated carbocycles. The van der Waals surface area contributed by atoms with Crippen LogP contribution >= 0.6 is 0 Å². The molecule has 1 saturated heterocycles. The van der Waals surface area contributed by atoms with Crippen molar-refractivity contribution in [3.8, 4) is 0 Å². The van der Waals surface area contributed by atoms with Crippen molar-refractivity contribution in [3.05, 3.63) is 0 Å². The van der Waals surface area contributed by atoms with Gasteiger partial charge in [-0.15, -0.1) is 0 Å². The average molecular weight is 244 g/mol. The van der Waals surface area contributed by atoms with E-state index in [1.165, 1.54) is 13.1 Å². The summed E-state index contributed by atoms with van der Waals surface area (Å²) >= 11 is -0.332. The van der Waals surface area contributed by atoms with Crippen molar-refractivity contribution in [3.63, 3.8) is 0 Å². The summed E-state index contributed by atoms with van der Waals surface area (Å²) in [6.07, 6.45) is 0. The van der Waals surface area contributed by atoms with Crippen LogP contribution in [0.4, 0.5) is 0 Å². The molecule has 13 heavy (non-hydrogen) atoms. The minimum atomic E-state index is -0.332. The van der Waals surface area contributed by atoms with E-state index in [-0.39, 0.29) is 15.9 Å². The first-order chi connectivity index (χ1) is 5.71. The van der Waals surface area contributed by atoms with Crippen LogP contribution in [-0.4, -0.2) is 47.8 Å². The second-order valence-electron chi connectivity index (χ2n) is 5.84. The summed E-state index contributed by atoms with van der Waals surface area (Å²) < 4.78 is 5.39. The second kappa shape index (κ2) is 3.55. The van der Waals surface area contributed by atoms with Crippen LogP contribution in [0, 0.1) is 0 Å². The van der Waals surface area contributed by atoms with Crippen molar-refractivity contribution in [1.29, 1.82) is 0 Å². The summed E-state index contributed by atoms with van der Waals surface area (Å²) in [6.45, 7) is 16.5. The molecule has 2 nitrogen and oxygen atoms in total. The van der Waals surface area contributed by atoms with Gasteiger partial charge in [0, 0.05) is 0 Å². The molecule has 0 unspecified atom stereocenters. The summed E-state index contributed by atoms with van der Waals surface area (Å²) in [4.78, 5) is 0. The molecule has 0 aromatic heterocycles. The van der Waals surface area contributed by atoms with E-state index >= 15 is 0 Å². The Morgan fingerprint density at radius 3 is 1.23 bits per heavy atom. The van der Waals surface area contributed by atoms with Crippen LogP contribution in [0.5, 0.6) is 0 Å². The predicted octanol–water partition coefficient (Wildman–Crippen LogP) is 1.47. The molecule has 0 spiro atoms. The van der Waals surface area contributed by atoms with Gasteiger partial charge >= 0.3 is 89.3 Å². The van der Waals surface area contributed by atoms with Gasteiger partial charge in [-0.25, -0.2) is 0 Å². The third kappa shape index (κ3) is 2.96. The van der Waals surface area contributed by atoms with E-state index in [9.17, 15) is 0 Å². The summed E-state index contributed by atoms with van der Waals surface area (Å²) in [5.74, 6) is 0. The Hall–Kier alpha value is 0.463. The van der Waals surface area contributed by atoms with Gasteiger partial charge < -0.3 is 0 Å². The first-order valence-corrected chi connectivity index (χ1v) is 7.26. The molecule has 0 aliphatic carbocycles. The van der Waals surface area contributed by atoms with Crippen molar-refractivity contribution >= 4 is 15.9 Å². The quantitative estimate of drug-likeness (QED) is 0.595.